The Hall–Kier alpha value is -1.99. The predicted molar refractivity (Wildman–Crippen MR) is 122 cm³/mol. The first kappa shape index (κ1) is 22.7. The fourth-order valence-electron chi connectivity index (χ4n) is 4.48. The highest BCUT2D eigenvalue weighted by molar-refractivity contribution is 5.94. The standard InChI is InChI=1S/C23H38N4O3/c1-3-29-19-8-9-21(30-4-2)20(16-19)26-22(24)25-17-23(10-6-5-7-11-23)18-27-12-14-28-15-13-27/h8-9,16H,3-7,10-15,17-18H2,1-2H3,(H3,24,25,26). The SMILES string of the molecule is CCOc1ccc(OCC)c(NC(N)=NCC2(CN3CCOCC3)CCCCC2)c1. The second kappa shape index (κ2) is 11.4. The second-order valence-electron chi connectivity index (χ2n) is 8.30. The lowest BCUT2D eigenvalue weighted by molar-refractivity contribution is 0.00940. The molecule has 7 heteroatoms. The van der Waals surface area contributed by atoms with Crippen LogP contribution < -0.4 is 20.5 Å². The van der Waals surface area contributed by atoms with Crippen molar-refractivity contribution in [2.45, 2.75) is 46.0 Å². The number of aliphatic imine (C=N–C) groups is 1. The lowest BCUT2D eigenvalue weighted by atomic mass is 9.73. The monoisotopic (exact) mass is 418 g/mol. The van der Waals surface area contributed by atoms with Crippen molar-refractivity contribution in [3.05, 3.63) is 18.2 Å². The summed E-state index contributed by atoms with van der Waals surface area (Å²) in [5, 5.41) is 3.24. The molecule has 7 nitrogen and oxygen atoms in total. The molecule has 0 spiro atoms. The van der Waals surface area contributed by atoms with Gasteiger partial charge in [-0.05, 0) is 38.8 Å². The Morgan fingerprint density at radius 2 is 1.87 bits per heavy atom. The van der Waals surface area contributed by atoms with Crippen molar-refractivity contribution in [1.82, 2.24) is 4.90 Å². The van der Waals surface area contributed by atoms with Crippen LogP contribution in [-0.2, 0) is 4.74 Å². The zero-order valence-corrected chi connectivity index (χ0v) is 18.6. The topological polar surface area (TPSA) is 81.3 Å². The van der Waals surface area contributed by atoms with Gasteiger partial charge in [0.25, 0.3) is 0 Å². The van der Waals surface area contributed by atoms with E-state index in [0.717, 1.165) is 56.6 Å². The maximum atomic E-state index is 6.31. The summed E-state index contributed by atoms with van der Waals surface area (Å²) in [4.78, 5) is 7.32. The van der Waals surface area contributed by atoms with Crippen LogP contribution in [0.3, 0.4) is 0 Å². The molecule has 1 aromatic rings. The number of ether oxygens (including phenoxy) is 3. The summed E-state index contributed by atoms with van der Waals surface area (Å²) in [5.74, 6) is 1.96. The molecule has 2 fully saturated rings. The van der Waals surface area contributed by atoms with Gasteiger partial charge in [-0.1, -0.05) is 19.3 Å². The van der Waals surface area contributed by atoms with E-state index in [4.69, 9.17) is 24.9 Å². The number of rotatable bonds is 9. The van der Waals surface area contributed by atoms with E-state index < -0.39 is 0 Å². The van der Waals surface area contributed by atoms with Gasteiger partial charge in [-0.3, -0.25) is 9.89 Å². The molecule has 1 aromatic carbocycles. The van der Waals surface area contributed by atoms with Gasteiger partial charge in [0.1, 0.15) is 11.5 Å². The largest absolute Gasteiger partial charge is 0.494 e. The average Bonchev–Trinajstić information content (AvgIpc) is 2.76. The summed E-state index contributed by atoms with van der Waals surface area (Å²) in [7, 11) is 0. The molecule has 1 aliphatic carbocycles. The Labute approximate surface area is 181 Å². The summed E-state index contributed by atoms with van der Waals surface area (Å²) in [5.41, 5.74) is 7.31. The van der Waals surface area contributed by atoms with Crippen LogP contribution in [0.2, 0.25) is 0 Å². The number of hydrogen-bond donors (Lipinski definition) is 2. The summed E-state index contributed by atoms with van der Waals surface area (Å²) in [6, 6.07) is 5.73. The van der Waals surface area contributed by atoms with E-state index in [1.807, 2.05) is 32.0 Å². The molecule has 3 N–H and O–H groups in total. The summed E-state index contributed by atoms with van der Waals surface area (Å²) >= 11 is 0. The van der Waals surface area contributed by atoms with E-state index >= 15 is 0 Å². The van der Waals surface area contributed by atoms with E-state index in [0.29, 0.717) is 19.2 Å². The fraction of sp³-hybridized carbons (Fsp3) is 0.696. The molecule has 0 unspecified atom stereocenters. The van der Waals surface area contributed by atoms with Gasteiger partial charge >= 0.3 is 0 Å². The van der Waals surface area contributed by atoms with Crippen LogP contribution in [0.25, 0.3) is 0 Å². The number of morpholine rings is 1. The molecule has 168 valence electrons. The van der Waals surface area contributed by atoms with Crippen molar-refractivity contribution >= 4 is 11.6 Å². The van der Waals surface area contributed by atoms with Crippen LogP contribution in [0.1, 0.15) is 46.0 Å². The van der Waals surface area contributed by atoms with Crippen molar-refractivity contribution < 1.29 is 14.2 Å². The molecule has 0 atom stereocenters. The normalized spacial score (nSPS) is 20.0. The predicted octanol–water partition coefficient (Wildman–Crippen LogP) is 3.49. The van der Waals surface area contributed by atoms with Gasteiger partial charge in [0.15, 0.2) is 5.96 Å². The molecule has 30 heavy (non-hydrogen) atoms. The van der Waals surface area contributed by atoms with Crippen LogP contribution in [0.15, 0.2) is 23.2 Å². The van der Waals surface area contributed by atoms with Gasteiger partial charge in [0.2, 0.25) is 0 Å². The number of hydrogen-bond acceptors (Lipinski definition) is 5. The van der Waals surface area contributed by atoms with Gasteiger partial charge in [-0.25, -0.2) is 0 Å². The summed E-state index contributed by atoms with van der Waals surface area (Å²) in [6.07, 6.45) is 6.30. The Bertz CT molecular complexity index is 683. The Balaban J connectivity index is 1.69. The molecule has 0 bridgehead atoms. The molecule has 1 heterocycles. The van der Waals surface area contributed by atoms with E-state index in [1.54, 1.807) is 0 Å². The number of nitrogens with two attached hydrogens (primary N) is 1. The van der Waals surface area contributed by atoms with Crippen LogP contribution >= 0.6 is 0 Å². The van der Waals surface area contributed by atoms with E-state index in [1.165, 1.54) is 32.1 Å². The fourth-order valence-corrected chi connectivity index (χ4v) is 4.48. The Morgan fingerprint density at radius 1 is 1.13 bits per heavy atom. The lowest BCUT2D eigenvalue weighted by Crippen LogP contribution is -2.46. The van der Waals surface area contributed by atoms with E-state index in [2.05, 4.69) is 10.2 Å². The Morgan fingerprint density at radius 3 is 2.57 bits per heavy atom. The van der Waals surface area contributed by atoms with Gasteiger partial charge in [-0.15, -0.1) is 0 Å². The number of guanidine groups is 1. The van der Waals surface area contributed by atoms with E-state index in [9.17, 15) is 0 Å². The Kier molecular flexibility index (Phi) is 8.63. The van der Waals surface area contributed by atoms with Crippen molar-refractivity contribution in [2.24, 2.45) is 16.1 Å². The van der Waals surface area contributed by atoms with Gasteiger partial charge < -0.3 is 25.3 Å². The van der Waals surface area contributed by atoms with E-state index in [-0.39, 0.29) is 5.41 Å². The van der Waals surface area contributed by atoms with Crippen LogP contribution in [0.5, 0.6) is 11.5 Å². The number of nitrogens with zero attached hydrogens (tertiary/aromatic N) is 2. The summed E-state index contributed by atoms with van der Waals surface area (Å²) < 4.78 is 16.9. The highest BCUT2D eigenvalue weighted by atomic mass is 16.5. The first-order chi connectivity index (χ1) is 14.6. The van der Waals surface area contributed by atoms with Crippen molar-refractivity contribution in [3.63, 3.8) is 0 Å². The van der Waals surface area contributed by atoms with Crippen molar-refractivity contribution in [1.29, 1.82) is 0 Å². The minimum absolute atomic E-state index is 0.206. The minimum atomic E-state index is 0.206. The lowest BCUT2D eigenvalue weighted by Gasteiger charge is -2.41. The second-order valence-corrected chi connectivity index (χ2v) is 8.30. The number of benzene rings is 1. The third kappa shape index (κ3) is 6.51. The van der Waals surface area contributed by atoms with Gasteiger partial charge in [0, 0.05) is 37.7 Å². The molecule has 0 aromatic heterocycles. The first-order valence-electron chi connectivity index (χ1n) is 11.4. The molecule has 1 saturated carbocycles. The highest BCUT2D eigenvalue weighted by Crippen LogP contribution is 2.38. The summed E-state index contributed by atoms with van der Waals surface area (Å²) in [6.45, 7) is 10.7. The molecular formula is C23H38N4O3. The van der Waals surface area contributed by atoms with Crippen molar-refractivity contribution in [3.8, 4) is 11.5 Å². The highest BCUT2D eigenvalue weighted by Gasteiger charge is 2.34. The molecule has 0 radical (unpaired) electrons. The molecule has 2 aliphatic rings. The zero-order chi connectivity index (χ0) is 21.2. The maximum absolute atomic E-state index is 6.31. The quantitative estimate of drug-likeness (QED) is 0.472. The molecule has 1 aliphatic heterocycles. The van der Waals surface area contributed by atoms with Crippen LogP contribution in [-0.4, -0.2) is 63.5 Å². The van der Waals surface area contributed by atoms with Gasteiger partial charge in [0.05, 0.1) is 32.1 Å². The molecule has 1 saturated heterocycles. The molecular weight excluding hydrogens is 380 g/mol. The van der Waals surface area contributed by atoms with Gasteiger partial charge in [-0.2, -0.15) is 0 Å². The smallest absolute Gasteiger partial charge is 0.193 e. The third-order valence-electron chi connectivity index (χ3n) is 5.99. The van der Waals surface area contributed by atoms with Crippen LogP contribution in [0.4, 0.5) is 5.69 Å². The number of anilines is 1. The minimum Gasteiger partial charge on any atom is -0.494 e. The molecule has 3 rings (SSSR count). The number of nitrogens with one attached hydrogen (secondary N) is 1. The maximum Gasteiger partial charge on any atom is 0.193 e. The third-order valence-corrected chi connectivity index (χ3v) is 5.99. The first-order valence-corrected chi connectivity index (χ1v) is 11.4. The molecule has 0 amide bonds. The van der Waals surface area contributed by atoms with Crippen molar-refractivity contribution in [2.75, 3.05) is 57.9 Å². The zero-order valence-electron chi connectivity index (χ0n) is 18.6. The van der Waals surface area contributed by atoms with Crippen LogP contribution in [0, 0.1) is 5.41 Å². The average molecular weight is 419 g/mol.